The minimum Gasteiger partial charge on any atom is -0.477 e. The normalized spacial score (nSPS) is 10.7. The first-order valence-electron chi connectivity index (χ1n) is 6.69. The van der Waals surface area contributed by atoms with Crippen LogP contribution < -0.4 is 5.32 Å². The maximum atomic E-state index is 11.0. The van der Waals surface area contributed by atoms with Gasteiger partial charge in [0.25, 0.3) is 0 Å². The molecule has 4 heteroatoms. The monoisotopic (exact) mass is 297 g/mol. The van der Waals surface area contributed by atoms with Crippen LogP contribution in [0.4, 0.5) is 5.69 Å². The molecule has 0 aliphatic rings. The van der Waals surface area contributed by atoms with E-state index in [-0.39, 0.29) is 0 Å². The molecular formula is C17H15NO2S. The third kappa shape index (κ3) is 2.90. The first-order chi connectivity index (χ1) is 10.1. The minimum atomic E-state index is -0.861. The Kier molecular flexibility index (Phi) is 3.62. The number of fused-ring (bicyclic) bond motifs is 1. The van der Waals surface area contributed by atoms with Gasteiger partial charge in [0.1, 0.15) is 4.88 Å². The highest BCUT2D eigenvalue weighted by Gasteiger charge is 2.10. The second kappa shape index (κ2) is 5.58. The Bertz CT molecular complexity index is 807. The van der Waals surface area contributed by atoms with Crippen molar-refractivity contribution in [3.8, 4) is 0 Å². The topological polar surface area (TPSA) is 49.3 Å². The molecule has 0 bridgehead atoms. The molecule has 2 N–H and O–H groups in total. The molecule has 3 rings (SSSR count). The molecule has 21 heavy (non-hydrogen) atoms. The predicted octanol–water partition coefficient (Wildman–Crippen LogP) is 4.52. The van der Waals surface area contributed by atoms with Gasteiger partial charge in [-0.05, 0) is 41.5 Å². The van der Waals surface area contributed by atoms with Crippen LogP contribution in [-0.4, -0.2) is 11.1 Å². The highest BCUT2D eigenvalue weighted by molar-refractivity contribution is 7.14. The molecule has 3 aromatic rings. The molecule has 0 radical (unpaired) electrons. The molecule has 1 aromatic heterocycles. The van der Waals surface area contributed by atoms with E-state index in [2.05, 4.69) is 29.6 Å². The van der Waals surface area contributed by atoms with Gasteiger partial charge in [-0.15, -0.1) is 11.3 Å². The van der Waals surface area contributed by atoms with E-state index in [4.69, 9.17) is 5.11 Å². The van der Waals surface area contributed by atoms with E-state index in [0.29, 0.717) is 11.4 Å². The van der Waals surface area contributed by atoms with Gasteiger partial charge >= 0.3 is 5.97 Å². The number of aryl methyl sites for hydroxylation is 1. The van der Waals surface area contributed by atoms with Crippen LogP contribution in [-0.2, 0) is 6.54 Å². The van der Waals surface area contributed by atoms with Crippen LogP contribution in [0, 0.1) is 6.92 Å². The van der Waals surface area contributed by atoms with Gasteiger partial charge in [-0.1, -0.05) is 30.3 Å². The Labute approximate surface area is 126 Å². The highest BCUT2D eigenvalue weighted by Crippen LogP contribution is 2.24. The summed E-state index contributed by atoms with van der Waals surface area (Å²) in [6.45, 7) is 2.59. The fourth-order valence-electron chi connectivity index (χ4n) is 2.30. The van der Waals surface area contributed by atoms with E-state index in [9.17, 15) is 4.79 Å². The smallest absolute Gasteiger partial charge is 0.345 e. The van der Waals surface area contributed by atoms with Gasteiger partial charge in [-0.25, -0.2) is 4.79 Å². The summed E-state index contributed by atoms with van der Waals surface area (Å²) in [5, 5.41) is 14.8. The summed E-state index contributed by atoms with van der Waals surface area (Å²) < 4.78 is 0. The second-order valence-electron chi connectivity index (χ2n) is 4.91. The van der Waals surface area contributed by atoms with E-state index in [1.165, 1.54) is 22.1 Å². The number of hydrogen-bond donors (Lipinski definition) is 2. The predicted molar refractivity (Wildman–Crippen MR) is 87.3 cm³/mol. The van der Waals surface area contributed by atoms with E-state index < -0.39 is 5.97 Å². The van der Waals surface area contributed by atoms with Crippen molar-refractivity contribution in [2.24, 2.45) is 0 Å². The van der Waals surface area contributed by atoms with Crippen LogP contribution >= 0.6 is 11.3 Å². The number of thiophene rings is 1. The molecule has 0 atom stereocenters. The van der Waals surface area contributed by atoms with E-state index in [1.54, 1.807) is 6.07 Å². The molecule has 1 heterocycles. The number of carboxylic acids is 1. The standard InChI is InChI=1S/C17H15NO2S/c1-11-14(9-16(21-11)17(19)20)10-18-15-7-6-12-4-2-3-5-13(12)8-15/h2-9,18H,10H2,1H3,(H,19,20). The first kappa shape index (κ1) is 13.6. The van der Waals surface area contributed by atoms with Gasteiger partial charge in [-0.2, -0.15) is 0 Å². The van der Waals surface area contributed by atoms with Gasteiger partial charge in [0.05, 0.1) is 0 Å². The summed E-state index contributed by atoms with van der Waals surface area (Å²) in [5.41, 5.74) is 2.07. The van der Waals surface area contributed by atoms with Crippen LogP contribution in [0.5, 0.6) is 0 Å². The third-order valence-electron chi connectivity index (χ3n) is 3.46. The van der Waals surface area contributed by atoms with E-state index >= 15 is 0 Å². The van der Waals surface area contributed by atoms with Crippen molar-refractivity contribution in [3.63, 3.8) is 0 Å². The molecule has 0 spiro atoms. The van der Waals surface area contributed by atoms with Gasteiger partial charge in [-0.3, -0.25) is 0 Å². The summed E-state index contributed by atoms with van der Waals surface area (Å²) in [5.74, 6) is -0.861. The lowest BCUT2D eigenvalue weighted by molar-refractivity contribution is 0.0702. The Morgan fingerprint density at radius 3 is 2.62 bits per heavy atom. The Hall–Kier alpha value is -2.33. The molecule has 3 nitrogen and oxygen atoms in total. The zero-order valence-corrected chi connectivity index (χ0v) is 12.4. The number of benzene rings is 2. The highest BCUT2D eigenvalue weighted by atomic mass is 32.1. The van der Waals surface area contributed by atoms with Crippen LogP contribution in [0.3, 0.4) is 0 Å². The number of hydrogen-bond acceptors (Lipinski definition) is 3. The molecule has 0 saturated carbocycles. The fourth-order valence-corrected chi connectivity index (χ4v) is 3.18. The molecular weight excluding hydrogens is 282 g/mol. The molecule has 0 aliphatic heterocycles. The summed E-state index contributed by atoms with van der Waals surface area (Å²) in [6, 6.07) is 16.2. The third-order valence-corrected chi connectivity index (χ3v) is 4.54. The average molecular weight is 297 g/mol. The Morgan fingerprint density at radius 2 is 1.90 bits per heavy atom. The summed E-state index contributed by atoms with van der Waals surface area (Å²) in [6.07, 6.45) is 0. The van der Waals surface area contributed by atoms with Crippen LogP contribution in [0.1, 0.15) is 20.1 Å². The number of aromatic carboxylic acids is 1. The molecule has 0 unspecified atom stereocenters. The van der Waals surface area contributed by atoms with Gasteiger partial charge in [0.2, 0.25) is 0 Å². The van der Waals surface area contributed by atoms with E-state index in [1.807, 2.05) is 25.1 Å². The van der Waals surface area contributed by atoms with Crippen LogP contribution in [0.15, 0.2) is 48.5 Å². The molecule has 2 aromatic carbocycles. The van der Waals surface area contributed by atoms with Crippen molar-refractivity contribution in [1.29, 1.82) is 0 Å². The minimum absolute atomic E-state index is 0.391. The molecule has 0 fully saturated rings. The second-order valence-corrected chi connectivity index (χ2v) is 6.17. The number of carbonyl (C=O) groups is 1. The summed E-state index contributed by atoms with van der Waals surface area (Å²) in [7, 11) is 0. The van der Waals surface area contributed by atoms with Crippen molar-refractivity contribution < 1.29 is 9.90 Å². The maximum absolute atomic E-state index is 11.0. The maximum Gasteiger partial charge on any atom is 0.345 e. The van der Waals surface area contributed by atoms with Crippen molar-refractivity contribution in [2.75, 3.05) is 5.32 Å². The number of anilines is 1. The van der Waals surface area contributed by atoms with Gasteiger partial charge in [0, 0.05) is 17.1 Å². The fraction of sp³-hybridized carbons (Fsp3) is 0.118. The number of nitrogens with one attached hydrogen (secondary N) is 1. The van der Waals surface area contributed by atoms with Gasteiger partial charge in [0.15, 0.2) is 0 Å². The van der Waals surface area contributed by atoms with Crippen molar-refractivity contribution >= 4 is 33.8 Å². The summed E-state index contributed by atoms with van der Waals surface area (Å²) in [4.78, 5) is 12.4. The first-order valence-corrected chi connectivity index (χ1v) is 7.50. The number of carboxylic acid groups (broad SMARTS) is 1. The van der Waals surface area contributed by atoms with Gasteiger partial charge < -0.3 is 10.4 Å². The Balaban J connectivity index is 1.78. The lowest BCUT2D eigenvalue weighted by Gasteiger charge is -2.07. The SMILES string of the molecule is Cc1sc(C(=O)O)cc1CNc1ccc2ccccc2c1. The largest absolute Gasteiger partial charge is 0.477 e. The zero-order chi connectivity index (χ0) is 14.8. The van der Waals surface area contributed by atoms with E-state index in [0.717, 1.165) is 16.1 Å². The van der Waals surface area contributed by atoms with Crippen molar-refractivity contribution in [2.45, 2.75) is 13.5 Å². The molecule has 0 amide bonds. The lowest BCUT2D eigenvalue weighted by Crippen LogP contribution is -1.99. The lowest BCUT2D eigenvalue weighted by atomic mass is 10.1. The van der Waals surface area contributed by atoms with Crippen molar-refractivity contribution in [1.82, 2.24) is 0 Å². The van der Waals surface area contributed by atoms with Crippen LogP contribution in [0.2, 0.25) is 0 Å². The molecule has 0 saturated heterocycles. The van der Waals surface area contributed by atoms with Crippen LogP contribution in [0.25, 0.3) is 10.8 Å². The average Bonchev–Trinajstić information content (AvgIpc) is 2.86. The molecule has 0 aliphatic carbocycles. The number of rotatable bonds is 4. The zero-order valence-electron chi connectivity index (χ0n) is 11.6. The van der Waals surface area contributed by atoms with Crippen molar-refractivity contribution in [3.05, 3.63) is 63.8 Å². The Morgan fingerprint density at radius 1 is 1.14 bits per heavy atom. The molecule has 106 valence electrons. The summed E-state index contributed by atoms with van der Waals surface area (Å²) >= 11 is 1.32. The quantitative estimate of drug-likeness (QED) is 0.744.